The number of aliphatic hydroxyl groups excluding tert-OH is 1. The first-order valence-electron chi connectivity index (χ1n) is 8.38. The molecule has 1 aliphatic rings. The predicted molar refractivity (Wildman–Crippen MR) is 117 cm³/mol. The van der Waals surface area contributed by atoms with Gasteiger partial charge in [-0.1, -0.05) is 0 Å². The summed E-state index contributed by atoms with van der Waals surface area (Å²) in [5, 5.41) is 16.3. The van der Waals surface area contributed by atoms with Crippen LogP contribution < -0.4 is 5.32 Å². The first-order chi connectivity index (χ1) is 11.7. The summed E-state index contributed by atoms with van der Waals surface area (Å²) in [6, 6.07) is 4.33. The van der Waals surface area contributed by atoms with E-state index < -0.39 is 0 Å². The highest BCUT2D eigenvalue weighted by Gasteiger charge is 2.22. The van der Waals surface area contributed by atoms with Crippen molar-refractivity contribution in [3.63, 3.8) is 0 Å². The molecule has 1 aliphatic heterocycles. The molecule has 2 aromatic rings. The third-order valence-electron chi connectivity index (χ3n) is 3.95. The molecule has 1 atom stereocenters. The molecule has 0 aromatic carbocycles. The van der Waals surface area contributed by atoms with Crippen molar-refractivity contribution in [1.29, 1.82) is 0 Å². The van der Waals surface area contributed by atoms with E-state index in [4.69, 9.17) is 4.99 Å². The van der Waals surface area contributed by atoms with Crippen molar-refractivity contribution in [3.8, 4) is 10.6 Å². The van der Waals surface area contributed by atoms with Crippen molar-refractivity contribution in [2.75, 3.05) is 26.2 Å². The quantitative estimate of drug-likeness (QED) is 0.382. The van der Waals surface area contributed by atoms with Gasteiger partial charge in [-0.2, -0.15) is 0 Å². The van der Waals surface area contributed by atoms with Crippen LogP contribution in [0.15, 0.2) is 22.5 Å². The maximum Gasteiger partial charge on any atom is 0.194 e. The fraction of sp³-hybridized carbons (Fsp3) is 0.529. The van der Waals surface area contributed by atoms with E-state index in [-0.39, 0.29) is 30.1 Å². The number of halogens is 1. The van der Waals surface area contributed by atoms with E-state index in [0.29, 0.717) is 6.54 Å². The summed E-state index contributed by atoms with van der Waals surface area (Å²) < 4.78 is 0. The van der Waals surface area contributed by atoms with Crippen LogP contribution in [0, 0.1) is 6.92 Å². The van der Waals surface area contributed by atoms with E-state index in [1.807, 2.05) is 6.92 Å². The Kier molecular flexibility index (Phi) is 8.11. The summed E-state index contributed by atoms with van der Waals surface area (Å²) in [6.45, 7) is 7.26. The Morgan fingerprint density at radius 2 is 2.32 bits per heavy atom. The van der Waals surface area contributed by atoms with Crippen LogP contribution >= 0.6 is 46.7 Å². The van der Waals surface area contributed by atoms with Crippen LogP contribution in [0.3, 0.4) is 0 Å². The largest absolute Gasteiger partial charge is 0.391 e. The van der Waals surface area contributed by atoms with E-state index in [1.54, 1.807) is 22.7 Å². The standard InChI is InChI=1S/C17H24N4OS2.HI/c1-3-18-17(21-9-7-13(22)10-21)19-8-6-14-4-5-16(24-14)15-11-23-12(2)20-15;/h4-5,11,13,22H,3,6-10H2,1-2H3,(H,18,19);1H/t13-;/m1./s1. The Hall–Kier alpha value is -0.710. The van der Waals surface area contributed by atoms with Crippen molar-refractivity contribution in [3.05, 3.63) is 27.4 Å². The molecule has 8 heteroatoms. The number of aryl methyl sites for hydroxylation is 1. The van der Waals surface area contributed by atoms with E-state index >= 15 is 0 Å². The molecule has 0 aliphatic carbocycles. The highest BCUT2D eigenvalue weighted by atomic mass is 127. The van der Waals surface area contributed by atoms with Gasteiger partial charge >= 0.3 is 0 Å². The number of hydrogen-bond acceptors (Lipinski definition) is 5. The van der Waals surface area contributed by atoms with Crippen molar-refractivity contribution < 1.29 is 5.11 Å². The first kappa shape index (κ1) is 20.6. The summed E-state index contributed by atoms with van der Waals surface area (Å²) in [7, 11) is 0. The minimum absolute atomic E-state index is 0. The van der Waals surface area contributed by atoms with E-state index in [9.17, 15) is 5.11 Å². The normalized spacial score (nSPS) is 17.6. The zero-order chi connectivity index (χ0) is 16.9. The lowest BCUT2D eigenvalue weighted by Gasteiger charge is -2.20. The average Bonchev–Trinajstić information content (AvgIpc) is 3.27. The number of aliphatic hydroxyl groups is 1. The molecule has 5 nitrogen and oxygen atoms in total. The molecular formula is C17H25IN4OS2. The average molecular weight is 492 g/mol. The molecular weight excluding hydrogens is 467 g/mol. The Labute approximate surface area is 174 Å². The zero-order valence-corrected chi connectivity index (χ0v) is 18.5. The molecule has 25 heavy (non-hydrogen) atoms. The molecule has 0 amide bonds. The van der Waals surface area contributed by atoms with Gasteiger partial charge in [0.15, 0.2) is 5.96 Å². The first-order valence-corrected chi connectivity index (χ1v) is 10.1. The van der Waals surface area contributed by atoms with Crippen molar-refractivity contribution in [2.24, 2.45) is 4.99 Å². The van der Waals surface area contributed by atoms with E-state index in [1.165, 1.54) is 9.75 Å². The molecule has 138 valence electrons. The van der Waals surface area contributed by atoms with Crippen LogP contribution in [-0.2, 0) is 6.42 Å². The lowest BCUT2D eigenvalue weighted by molar-refractivity contribution is 0.188. The van der Waals surface area contributed by atoms with Gasteiger partial charge in [0.1, 0.15) is 0 Å². The van der Waals surface area contributed by atoms with E-state index in [0.717, 1.165) is 49.1 Å². The number of nitrogens with zero attached hydrogens (tertiary/aromatic N) is 3. The van der Waals surface area contributed by atoms with Gasteiger partial charge in [-0.05, 0) is 32.4 Å². The summed E-state index contributed by atoms with van der Waals surface area (Å²) in [6.07, 6.45) is 1.53. The molecule has 2 N–H and O–H groups in total. The third kappa shape index (κ3) is 5.63. The number of hydrogen-bond donors (Lipinski definition) is 2. The number of aliphatic imine (C=N–C) groups is 1. The summed E-state index contributed by atoms with van der Waals surface area (Å²) >= 11 is 3.49. The summed E-state index contributed by atoms with van der Waals surface area (Å²) in [5.41, 5.74) is 1.08. The van der Waals surface area contributed by atoms with Gasteiger partial charge in [-0.3, -0.25) is 4.99 Å². The van der Waals surface area contributed by atoms with Gasteiger partial charge in [-0.15, -0.1) is 46.7 Å². The third-order valence-corrected chi connectivity index (χ3v) is 5.89. The number of rotatable bonds is 5. The van der Waals surface area contributed by atoms with Gasteiger partial charge in [0.05, 0.1) is 21.7 Å². The number of nitrogens with one attached hydrogen (secondary N) is 1. The molecule has 0 unspecified atom stereocenters. The Morgan fingerprint density at radius 1 is 1.48 bits per heavy atom. The van der Waals surface area contributed by atoms with Gasteiger partial charge in [0.25, 0.3) is 0 Å². The van der Waals surface area contributed by atoms with Crippen LogP contribution in [0.1, 0.15) is 23.2 Å². The van der Waals surface area contributed by atoms with Crippen LogP contribution in [0.5, 0.6) is 0 Å². The molecule has 0 bridgehead atoms. The van der Waals surface area contributed by atoms with Gasteiger partial charge < -0.3 is 15.3 Å². The second-order valence-corrected chi connectivity index (χ2v) is 8.12. The number of likely N-dealkylation sites (tertiary alicyclic amines) is 1. The maximum absolute atomic E-state index is 9.70. The predicted octanol–water partition coefficient (Wildman–Crippen LogP) is 3.37. The Bertz CT molecular complexity index is 700. The molecule has 1 fully saturated rings. The van der Waals surface area contributed by atoms with Gasteiger partial charge in [-0.25, -0.2) is 4.98 Å². The maximum atomic E-state index is 9.70. The fourth-order valence-corrected chi connectivity index (χ4v) is 4.40. The topological polar surface area (TPSA) is 60.8 Å². The lowest BCUT2D eigenvalue weighted by atomic mass is 10.3. The van der Waals surface area contributed by atoms with E-state index in [2.05, 4.69) is 39.6 Å². The molecule has 1 saturated heterocycles. The number of β-amino-alcohol motifs (C(OH)–C–C–N with tert-alkyl or cyclic N) is 1. The number of thiazole rings is 1. The Balaban J connectivity index is 0.00000225. The molecule has 2 aromatic heterocycles. The smallest absolute Gasteiger partial charge is 0.194 e. The minimum Gasteiger partial charge on any atom is -0.391 e. The second kappa shape index (κ2) is 9.84. The molecule has 0 spiro atoms. The SMILES string of the molecule is CCNC(=NCCc1ccc(-c2csc(C)n2)s1)N1CC[C@@H](O)C1.I. The second-order valence-electron chi connectivity index (χ2n) is 5.89. The Morgan fingerprint density at radius 3 is 2.96 bits per heavy atom. The van der Waals surface area contributed by atoms with Crippen molar-refractivity contribution >= 4 is 52.6 Å². The summed E-state index contributed by atoms with van der Waals surface area (Å²) in [4.78, 5) is 14.0. The lowest BCUT2D eigenvalue weighted by Crippen LogP contribution is -2.40. The number of aromatic nitrogens is 1. The highest BCUT2D eigenvalue weighted by molar-refractivity contribution is 14.0. The number of thiophene rings is 1. The fourth-order valence-electron chi connectivity index (χ4n) is 2.76. The minimum atomic E-state index is -0.227. The van der Waals surface area contributed by atoms with Crippen molar-refractivity contribution in [1.82, 2.24) is 15.2 Å². The highest BCUT2D eigenvalue weighted by Crippen LogP contribution is 2.29. The van der Waals surface area contributed by atoms with Crippen LogP contribution in [0.2, 0.25) is 0 Å². The van der Waals surface area contributed by atoms with Crippen LogP contribution in [0.4, 0.5) is 0 Å². The van der Waals surface area contributed by atoms with Crippen molar-refractivity contribution in [2.45, 2.75) is 32.8 Å². The van der Waals surface area contributed by atoms with Crippen LogP contribution in [0.25, 0.3) is 10.6 Å². The van der Waals surface area contributed by atoms with Gasteiger partial charge in [0, 0.05) is 42.9 Å². The molecule has 3 rings (SSSR count). The zero-order valence-electron chi connectivity index (χ0n) is 14.6. The molecule has 0 radical (unpaired) electrons. The van der Waals surface area contributed by atoms with Gasteiger partial charge in [0.2, 0.25) is 0 Å². The summed E-state index contributed by atoms with van der Waals surface area (Å²) in [5.74, 6) is 0.918. The monoisotopic (exact) mass is 492 g/mol. The molecule has 0 saturated carbocycles. The molecule has 3 heterocycles. The van der Waals surface area contributed by atoms with Crippen LogP contribution in [-0.4, -0.2) is 53.2 Å². The number of guanidine groups is 1.